The number of amides is 1. The molecule has 0 atom stereocenters. The van der Waals surface area contributed by atoms with Gasteiger partial charge in [-0.1, -0.05) is 23.7 Å². The summed E-state index contributed by atoms with van der Waals surface area (Å²) in [6, 6.07) is 11.0. The van der Waals surface area contributed by atoms with E-state index in [2.05, 4.69) is 0 Å². The van der Waals surface area contributed by atoms with Crippen molar-refractivity contribution < 1.29 is 19.0 Å². The Kier molecular flexibility index (Phi) is 6.92. The van der Waals surface area contributed by atoms with E-state index < -0.39 is 0 Å². The predicted octanol–water partition coefficient (Wildman–Crippen LogP) is 4.04. The molecule has 2 aromatic rings. The Morgan fingerprint density at radius 3 is 2.12 bits per heavy atom. The smallest absolute Gasteiger partial charge is 0.246 e. The van der Waals surface area contributed by atoms with Crippen molar-refractivity contribution in [2.75, 3.05) is 28.4 Å². The van der Waals surface area contributed by atoms with Crippen molar-refractivity contribution >= 4 is 23.6 Å². The Hall–Kier alpha value is -2.66. The normalized spacial score (nSPS) is 10.7. The highest BCUT2D eigenvalue weighted by Crippen LogP contribution is 2.38. The molecule has 0 unspecified atom stereocenters. The maximum absolute atomic E-state index is 12.3. The van der Waals surface area contributed by atoms with Gasteiger partial charge in [0, 0.05) is 24.7 Å². The largest absolute Gasteiger partial charge is 0.493 e. The van der Waals surface area contributed by atoms with E-state index in [0.717, 1.165) is 11.1 Å². The predicted molar refractivity (Wildman–Crippen MR) is 103 cm³/mol. The van der Waals surface area contributed by atoms with Gasteiger partial charge in [-0.2, -0.15) is 0 Å². The van der Waals surface area contributed by atoms with Gasteiger partial charge in [0.05, 0.1) is 21.3 Å². The molecule has 0 aliphatic heterocycles. The number of hydrogen-bond acceptors (Lipinski definition) is 4. The Morgan fingerprint density at radius 1 is 1.04 bits per heavy atom. The highest BCUT2D eigenvalue weighted by Gasteiger charge is 2.12. The van der Waals surface area contributed by atoms with E-state index in [0.29, 0.717) is 28.8 Å². The molecule has 0 saturated carbocycles. The molecule has 1 amide bonds. The van der Waals surface area contributed by atoms with Crippen LogP contribution in [0.1, 0.15) is 11.1 Å². The summed E-state index contributed by atoms with van der Waals surface area (Å²) in [6.07, 6.45) is 3.22. The Balaban J connectivity index is 2.12. The van der Waals surface area contributed by atoms with Crippen molar-refractivity contribution in [3.05, 3.63) is 58.6 Å². The minimum atomic E-state index is -0.117. The SMILES string of the molecule is COc1cc(C=CC(=O)N(C)Cc2ccc(Cl)cc2)cc(OC)c1OC. The summed E-state index contributed by atoms with van der Waals surface area (Å²) in [4.78, 5) is 14.0. The third-order valence-electron chi connectivity index (χ3n) is 3.81. The molecule has 26 heavy (non-hydrogen) atoms. The van der Waals surface area contributed by atoms with Crippen LogP contribution in [-0.4, -0.2) is 39.2 Å². The van der Waals surface area contributed by atoms with E-state index in [-0.39, 0.29) is 5.91 Å². The number of carbonyl (C=O) groups excluding carboxylic acids is 1. The molecular weight excluding hydrogens is 354 g/mol. The lowest BCUT2D eigenvalue weighted by Crippen LogP contribution is -2.24. The lowest BCUT2D eigenvalue weighted by molar-refractivity contribution is -0.125. The second-order valence-electron chi connectivity index (χ2n) is 5.61. The zero-order chi connectivity index (χ0) is 19.1. The summed E-state index contributed by atoms with van der Waals surface area (Å²) in [5, 5.41) is 0.671. The molecule has 0 spiro atoms. The lowest BCUT2D eigenvalue weighted by Gasteiger charge is -2.15. The van der Waals surface area contributed by atoms with Gasteiger partial charge in [0.25, 0.3) is 0 Å². The van der Waals surface area contributed by atoms with Crippen molar-refractivity contribution in [3.8, 4) is 17.2 Å². The number of methoxy groups -OCH3 is 3. The summed E-state index contributed by atoms with van der Waals surface area (Å²) >= 11 is 5.88. The van der Waals surface area contributed by atoms with E-state index in [1.165, 1.54) is 6.08 Å². The van der Waals surface area contributed by atoms with Crippen LogP contribution in [0.3, 0.4) is 0 Å². The standard InChI is InChI=1S/C20H22ClNO4/c1-22(13-14-5-8-16(21)9-6-14)19(23)10-7-15-11-17(24-2)20(26-4)18(12-15)25-3/h5-12H,13H2,1-4H3. The lowest BCUT2D eigenvalue weighted by atomic mass is 10.1. The van der Waals surface area contributed by atoms with Gasteiger partial charge in [0.2, 0.25) is 11.7 Å². The molecule has 6 heteroatoms. The Labute approximate surface area is 158 Å². The van der Waals surface area contributed by atoms with Crippen LogP contribution in [0.2, 0.25) is 5.02 Å². The van der Waals surface area contributed by atoms with Crippen LogP contribution >= 0.6 is 11.6 Å². The van der Waals surface area contributed by atoms with Gasteiger partial charge in [0.15, 0.2) is 11.5 Å². The van der Waals surface area contributed by atoms with Crippen LogP contribution in [0.15, 0.2) is 42.5 Å². The molecule has 0 N–H and O–H groups in total. The zero-order valence-corrected chi connectivity index (χ0v) is 16.0. The fourth-order valence-corrected chi connectivity index (χ4v) is 2.56. The third kappa shape index (κ3) is 4.92. The number of rotatable bonds is 7. The van der Waals surface area contributed by atoms with Crippen molar-refractivity contribution in [2.24, 2.45) is 0 Å². The van der Waals surface area contributed by atoms with Crippen molar-refractivity contribution in [2.45, 2.75) is 6.54 Å². The molecule has 2 aromatic carbocycles. The van der Waals surface area contributed by atoms with Gasteiger partial charge in [-0.05, 0) is 41.5 Å². The van der Waals surface area contributed by atoms with E-state index >= 15 is 0 Å². The molecule has 0 aliphatic rings. The van der Waals surface area contributed by atoms with Crippen LogP contribution in [0.5, 0.6) is 17.2 Å². The molecule has 0 aromatic heterocycles. The summed E-state index contributed by atoms with van der Waals surface area (Å²) in [5.41, 5.74) is 1.78. The van der Waals surface area contributed by atoms with Crippen molar-refractivity contribution in [1.82, 2.24) is 4.90 Å². The second kappa shape index (κ2) is 9.15. The molecule has 138 valence electrons. The minimum absolute atomic E-state index is 0.117. The molecule has 5 nitrogen and oxygen atoms in total. The van der Waals surface area contributed by atoms with Gasteiger partial charge in [0.1, 0.15) is 0 Å². The number of nitrogens with zero attached hydrogens (tertiary/aromatic N) is 1. The quantitative estimate of drug-likeness (QED) is 0.685. The molecule has 0 radical (unpaired) electrons. The van der Waals surface area contributed by atoms with Crippen molar-refractivity contribution in [1.29, 1.82) is 0 Å². The zero-order valence-electron chi connectivity index (χ0n) is 15.3. The van der Waals surface area contributed by atoms with Crippen LogP contribution in [0.4, 0.5) is 0 Å². The van der Waals surface area contributed by atoms with Crippen LogP contribution in [0.25, 0.3) is 6.08 Å². The number of benzene rings is 2. The fraction of sp³-hybridized carbons (Fsp3) is 0.250. The summed E-state index contributed by atoms with van der Waals surface area (Å²) in [6.45, 7) is 0.496. The maximum atomic E-state index is 12.3. The highest BCUT2D eigenvalue weighted by atomic mass is 35.5. The van der Waals surface area contributed by atoms with Crippen LogP contribution < -0.4 is 14.2 Å². The van der Waals surface area contributed by atoms with Crippen LogP contribution in [-0.2, 0) is 11.3 Å². The minimum Gasteiger partial charge on any atom is -0.493 e. The van der Waals surface area contributed by atoms with E-state index in [9.17, 15) is 4.79 Å². The summed E-state index contributed by atoms with van der Waals surface area (Å²) in [7, 11) is 6.40. The van der Waals surface area contributed by atoms with Crippen molar-refractivity contribution in [3.63, 3.8) is 0 Å². The molecule has 0 heterocycles. The summed E-state index contributed by atoms with van der Waals surface area (Å²) < 4.78 is 15.9. The number of carbonyl (C=O) groups is 1. The number of likely N-dealkylation sites (N-methyl/N-ethyl adjacent to an activating group) is 1. The molecule has 0 saturated heterocycles. The molecule has 2 rings (SSSR count). The third-order valence-corrected chi connectivity index (χ3v) is 4.07. The molecule has 0 fully saturated rings. The molecule has 0 bridgehead atoms. The Bertz CT molecular complexity index is 762. The van der Waals surface area contributed by atoms with Gasteiger partial charge in [-0.25, -0.2) is 0 Å². The average molecular weight is 376 g/mol. The summed E-state index contributed by atoms with van der Waals surface area (Å²) in [5.74, 6) is 1.47. The van der Waals surface area contributed by atoms with Gasteiger partial charge < -0.3 is 19.1 Å². The first-order valence-electron chi connectivity index (χ1n) is 7.96. The van der Waals surface area contributed by atoms with E-state index in [1.807, 2.05) is 12.1 Å². The average Bonchev–Trinajstić information content (AvgIpc) is 2.66. The van der Waals surface area contributed by atoms with Gasteiger partial charge in [-0.3, -0.25) is 4.79 Å². The van der Waals surface area contributed by atoms with E-state index in [4.69, 9.17) is 25.8 Å². The number of hydrogen-bond donors (Lipinski definition) is 0. The molecule has 0 aliphatic carbocycles. The van der Waals surface area contributed by atoms with Gasteiger partial charge >= 0.3 is 0 Å². The Morgan fingerprint density at radius 2 is 1.62 bits per heavy atom. The topological polar surface area (TPSA) is 48.0 Å². The van der Waals surface area contributed by atoms with Crippen LogP contribution in [0, 0.1) is 0 Å². The highest BCUT2D eigenvalue weighted by molar-refractivity contribution is 6.30. The first kappa shape index (κ1) is 19.7. The number of ether oxygens (including phenoxy) is 3. The second-order valence-corrected chi connectivity index (χ2v) is 6.05. The molecular formula is C20H22ClNO4. The number of halogens is 1. The maximum Gasteiger partial charge on any atom is 0.246 e. The first-order chi connectivity index (χ1) is 12.5. The van der Waals surface area contributed by atoms with E-state index in [1.54, 1.807) is 63.6 Å². The first-order valence-corrected chi connectivity index (χ1v) is 8.34. The van der Waals surface area contributed by atoms with Gasteiger partial charge in [-0.15, -0.1) is 0 Å². The monoisotopic (exact) mass is 375 g/mol. The fourth-order valence-electron chi connectivity index (χ4n) is 2.43.